The van der Waals surface area contributed by atoms with E-state index >= 15 is 0 Å². The summed E-state index contributed by atoms with van der Waals surface area (Å²) < 4.78 is 41.4. The highest BCUT2D eigenvalue weighted by atomic mass is 32.2. The summed E-state index contributed by atoms with van der Waals surface area (Å²) in [4.78, 5) is 0. The Hall–Kier alpha value is -0.800. The highest BCUT2D eigenvalue weighted by Crippen LogP contribution is 2.17. The molecule has 1 unspecified atom stereocenters. The van der Waals surface area contributed by atoms with Gasteiger partial charge in [-0.15, -0.1) is 0 Å². The van der Waals surface area contributed by atoms with Crippen molar-refractivity contribution in [2.75, 3.05) is 19.8 Å². The number of aromatic nitrogens is 2. The van der Waals surface area contributed by atoms with Crippen molar-refractivity contribution >= 4 is 20.8 Å². The first-order valence-corrected chi connectivity index (χ1v) is 8.73. The zero-order valence-corrected chi connectivity index (χ0v) is 13.1. The predicted octanol–water partition coefficient (Wildman–Crippen LogP) is 0.864. The molecule has 0 aliphatic rings. The van der Waals surface area contributed by atoms with E-state index in [-0.39, 0.29) is 5.22 Å². The van der Waals surface area contributed by atoms with Crippen molar-refractivity contribution in [3.8, 4) is 0 Å². The molecule has 0 fully saturated rings. The van der Waals surface area contributed by atoms with Crippen LogP contribution in [-0.4, -0.2) is 47.0 Å². The van der Waals surface area contributed by atoms with Gasteiger partial charge in [-0.05, 0) is 5.92 Å². The maximum Gasteiger partial charge on any atom is 0.352 e. The number of nitrogens with zero attached hydrogens (tertiary/aromatic N) is 3. The maximum absolute atomic E-state index is 12.0. The van der Waals surface area contributed by atoms with Gasteiger partial charge in [-0.3, -0.25) is 0 Å². The molecule has 0 N–H and O–H groups in total. The first kappa shape index (κ1) is 16.3. The number of rotatable bonds is 7. The quantitative estimate of drug-likeness (QED) is 0.741. The van der Waals surface area contributed by atoms with Crippen LogP contribution in [0.4, 0.5) is 0 Å². The fraction of sp³-hybridized carbons (Fsp3) is 0.800. The lowest BCUT2D eigenvalue weighted by Gasteiger charge is -2.09. The fourth-order valence-electron chi connectivity index (χ4n) is 1.36. The summed E-state index contributed by atoms with van der Waals surface area (Å²) in [6.45, 7) is 4.03. The van der Waals surface area contributed by atoms with E-state index in [1.54, 1.807) is 0 Å². The summed E-state index contributed by atoms with van der Waals surface area (Å²) >= 11 is 0. The van der Waals surface area contributed by atoms with Crippen molar-refractivity contribution in [1.29, 1.82) is 0 Å². The lowest BCUT2D eigenvalue weighted by atomic mass is 10.1. The highest BCUT2D eigenvalue weighted by molar-refractivity contribution is 7.88. The van der Waals surface area contributed by atoms with Crippen molar-refractivity contribution in [1.82, 2.24) is 14.5 Å². The van der Waals surface area contributed by atoms with Gasteiger partial charge in [-0.25, -0.2) is 12.6 Å². The molecule has 0 aromatic carbocycles. The lowest BCUT2D eigenvalue weighted by Crippen LogP contribution is -2.22. The molecule has 0 radical (unpaired) electrons. The Morgan fingerprint density at radius 3 is 2.32 bits per heavy atom. The third-order valence-electron chi connectivity index (χ3n) is 2.83. The monoisotopic (exact) mass is 309 g/mol. The van der Waals surface area contributed by atoms with Gasteiger partial charge in [0, 0.05) is 19.8 Å². The molecule has 0 spiro atoms. The van der Waals surface area contributed by atoms with Gasteiger partial charge in [0.15, 0.2) is 0 Å². The Morgan fingerprint density at radius 2 is 1.84 bits per heavy atom. The van der Waals surface area contributed by atoms with Crippen LogP contribution in [0.5, 0.6) is 0 Å². The third kappa shape index (κ3) is 3.83. The van der Waals surface area contributed by atoms with E-state index in [0.29, 0.717) is 11.7 Å². The molecule has 1 heterocycles. The number of hydrogen-bond acceptors (Lipinski definition) is 6. The largest absolute Gasteiger partial charge is 0.400 e. The van der Waals surface area contributed by atoms with E-state index in [4.69, 9.17) is 4.42 Å². The summed E-state index contributed by atoms with van der Waals surface area (Å²) in [5.41, 5.74) is 0. The van der Waals surface area contributed by atoms with Gasteiger partial charge in [0.25, 0.3) is 10.0 Å². The SMILES string of the molecule is CCC(CC)CS(=O)c1nnc(S(=O)(=O)N(C)C)o1. The zero-order valence-electron chi connectivity index (χ0n) is 11.5. The van der Waals surface area contributed by atoms with Gasteiger partial charge in [-0.2, -0.15) is 4.31 Å². The summed E-state index contributed by atoms with van der Waals surface area (Å²) in [6, 6.07) is 0. The minimum atomic E-state index is -3.77. The minimum absolute atomic E-state index is 0.132. The first-order chi connectivity index (χ1) is 8.82. The van der Waals surface area contributed by atoms with Gasteiger partial charge in [0.1, 0.15) is 10.8 Å². The van der Waals surface area contributed by atoms with Crippen LogP contribution >= 0.6 is 0 Å². The van der Waals surface area contributed by atoms with Crippen LogP contribution in [0.1, 0.15) is 26.7 Å². The molecule has 7 nitrogen and oxygen atoms in total. The second kappa shape index (κ2) is 6.58. The van der Waals surface area contributed by atoms with Crippen LogP contribution in [0.2, 0.25) is 0 Å². The van der Waals surface area contributed by atoms with Gasteiger partial charge in [-0.1, -0.05) is 36.9 Å². The van der Waals surface area contributed by atoms with Crippen LogP contribution in [0.3, 0.4) is 0 Å². The third-order valence-corrected chi connectivity index (χ3v) is 5.72. The summed E-state index contributed by atoms with van der Waals surface area (Å²) in [7, 11) is -2.51. The molecule has 1 rings (SSSR count). The first-order valence-electron chi connectivity index (χ1n) is 5.97. The smallest absolute Gasteiger partial charge is 0.352 e. The average Bonchev–Trinajstić information content (AvgIpc) is 2.85. The highest BCUT2D eigenvalue weighted by Gasteiger charge is 2.27. The normalized spacial score (nSPS) is 14.2. The van der Waals surface area contributed by atoms with Crippen molar-refractivity contribution in [2.24, 2.45) is 5.92 Å². The molecule has 1 aromatic rings. The van der Waals surface area contributed by atoms with E-state index in [1.165, 1.54) is 14.1 Å². The van der Waals surface area contributed by atoms with Crippen LogP contribution in [-0.2, 0) is 20.8 Å². The van der Waals surface area contributed by atoms with E-state index in [2.05, 4.69) is 10.2 Å². The van der Waals surface area contributed by atoms with Gasteiger partial charge in [0.2, 0.25) is 0 Å². The van der Waals surface area contributed by atoms with Gasteiger partial charge < -0.3 is 4.42 Å². The van der Waals surface area contributed by atoms with Gasteiger partial charge >= 0.3 is 10.4 Å². The maximum atomic E-state index is 12.0. The molecular weight excluding hydrogens is 290 g/mol. The molecule has 1 atom stereocenters. The lowest BCUT2D eigenvalue weighted by molar-refractivity contribution is 0.347. The molecule has 0 amide bonds. The molecule has 0 saturated heterocycles. The van der Waals surface area contributed by atoms with E-state index < -0.39 is 26.0 Å². The zero-order chi connectivity index (χ0) is 14.6. The predicted molar refractivity (Wildman–Crippen MR) is 70.5 cm³/mol. The Balaban J connectivity index is 2.89. The van der Waals surface area contributed by atoms with Crippen LogP contribution in [0.25, 0.3) is 0 Å². The van der Waals surface area contributed by atoms with Gasteiger partial charge in [0.05, 0.1) is 0 Å². The molecule has 0 aliphatic carbocycles. The Bertz CT molecular complexity index is 535. The van der Waals surface area contributed by atoms with E-state index in [0.717, 1.165) is 17.1 Å². The Morgan fingerprint density at radius 1 is 1.26 bits per heavy atom. The molecular formula is C10H19N3O4S2. The van der Waals surface area contributed by atoms with Crippen molar-refractivity contribution in [2.45, 2.75) is 37.1 Å². The molecule has 0 saturated carbocycles. The molecule has 0 bridgehead atoms. The van der Waals surface area contributed by atoms with Crippen LogP contribution in [0.15, 0.2) is 14.9 Å². The molecule has 0 aliphatic heterocycles. The molecule has 110 valence electrons. The van der Waals surface area contributed by atoms with E-state index in [1.807, 2.05) is 13.8 Å². The summed E-state index contributed by atoms with van der Waals surface area (Å²) in [6.07, 6.45) is 1.80. The molecule has 19 heavy (non-hydrogen) atoms. The minimum Gasteiger partial charge on any atom is -0.400 e. The topological polar surface area (TPSA) is 93.4 Å². The van der Waals surface area contributed by atoms with Crippen molar-refractivity contribution in [3.05, 3.63) is 0 Å². The summed E-state index contributed by atoms with van der Waals surface area (Å²) in [5.74, 6) is 0.693. The van der Waals surface area contributed by atoms with Crippen LogP contribution < -0.4 is 0 Å². The Kier molecular flexibility index (Phi) is 5.63. The van der Waals surface area contributed by atoms with E-state index in [9.17, 15) is 12.6 Å². The van der Waals surface area contributed by atoms with Crippen LogP contribution in [0, 0.1) is 5.92 Å². The average molecular weight is 309 g/mol. The van der Waals surface area contributed by atoms with Crippen molar-refractivity contribution in [3.63, 3.8) is 0 Å². The fourth-order valence-corrected chi connectivity index (χ4v) is 3.40. The summed E-state index contributed by atoms with van der Waals surface area (Å²) in [5, 5.41) is 6.36. The number of hydrogen-bond donors (Lipinski definition) is 0. The second-order valence-electron chi connectivity index (χ2n) is 4.32. The molecule has 9 heteroatoms. The second-order valence-corrected chi connectivity index (χ2v) is 7.72. The number of sulfonamides is 1. The standard InChI is InChI=1S/C10H19N3O4S2/c1-5-8(6-2)7-18(14)9-11-12-10(17-9)19(15,16)13(3)4/h8H,5-7H2,1-4H3. The van der Waals surface area contributed by atoms with Crippen molar-refractivity contribution < 1.29 is 17.0 Å². The molecule has 1 aromatic heterocycles. The Labute approximate surface area is 115 Å².